The summed E-state index contributed by atoms with van der Waals surface area (Å²) in [5.74, 6) is -0.328. The van der Waals surface area contributed by atoms with Crippen LogP contribution in [0.3, 0.4) is 0 Å². The van der Waals surface area contributed by atoms with Gasteiger partial charge in [-0.2, -0.15) is 0 Å². The number of carbonyl (C=O) groups excluding carboxylic acids is 1. The van der Waals surface area contributed by atoms with Crippen molar-refractivity contribution in [2.45, 2.75) is 168 Å². The Morgan fingerprint density at radius 3 is 1.59 bits per heavy atom. The standard InChI is InChI=1S/C45H78NO7P/c1-3-5-7-9-11-13-15-17-19-21-22-23-24-26-28-30-32-34-36-38-45(47)51-42-44(43-53-54(48,49)52-41-39-46)50-40-37-35-33-31-29-27-25-20-18-16-14-12-10-8-6-4-2/h5,7,11,13,17-20,22-23,26,28,37,40,44H,3-4,6,8-10,12,14-16,21,24-25,27,29-36,38-39,41-43,46H2,1-2H3,(H,48,49)/t44-/m1/s1. The van der Waals surface area contributed by atoms with Gasteiger partial charge in [0.15, 0.2) is 6.10 Å². The van der Waals surface area contributed by atoms with Crippen molar-refractivity contribution in [3.8, 4) is 0 Å². The number of unbranched alkanes of at least 4 members (excludes halogenated alkanes) is 14. The second-order valence-electron chi connectivity index (χ2n) is 13.5. The Balaban J connectivity index is 4.20. The summed E-state index contributed by atoms with van der Waals surface area (Å²) in [4.78, 5) is 22.3. The van der Waals surface area contributed by atoms with Gasteiger partial charge in [-0.05, 0) is 96.0 Å². The average Bonchev–Trinajstić information content (AvgIpc) is 3.16. The SMILES string of the molecule is CCC=CCC=CCC=CCC=CCC=CCCCCCC(=O)OC[C@H](COP(=O)(O)OCCN)OC=CCCCCCCC=CCCCCCCCC. The van der Waals surface area contributed by atoms with Crippen molar-refractivity contribution in [3.63, 3.8) is 0 Å². The molecule has 0 saturated heterocycles. The van der Waals surface area contributed by atoms with Crippen molar-refractivity contribution in [1.29, 1.82) is 0 Å². The van der Waals surface area contributed by atoms with Crippen molar-refractivity contribution in [3.05, 3.63) is 85.3 Å². The van der Waals surface area contributed by atoms with Gasteiger partial charge in [0, 0.05) is 13.0 Å². The molecule has 2 atom stereocenters. The molecule has 0 saturated carbocycles. The van der Waals surface area contributed by atoms with E-state index in [1.807, 2.05) is 6.08 Å². The van der Waals surface area contributed by atoms with Crippen LogP contribution in [0.5, 0.6) is 0 Å². The molecule has 3 N–H and O–H groups in total. The summed E-state index contributed by atoms with van der Waals surface area (Å²) in [6, 6.07) is 0. The van der Waals surface area contributed by atoms with Crippen LogP contribution >= 0.6 is 7.82 Å². The first-order valence-corrected chi connectivity index (χ1v) is 22.6. The van der Waals surface area contributed by atoms with Gasteiger partial charge in [0.2, 0.25) is 0 Å². The van der Waals surface area contributed by atoms with Crippen LogP contribution in [0.4, 0.5) is 0 Å². The van der Waals surface area contributed by atoms with Gasteiger partial charge in [0.25, 0.3) is 0 Å². The molecule has 310 valence electrons. The van der Waals surface area contributed by atoms with E-state index in [1.165, 1.54) is 57.8 Å². The molecule has 0 aromatic rings. The highest BCUT2D eigenvalue weighted by Crippen LogP contribution is 2.43. The number of hydrogen-bond donors (Lipinski definition) is 2. The van der Waals surface area contributed by atoms with Crippen LogP contribution in [-0.2, 0) is 27.9 Å². The van der Waals surface area contributed by atoms with E-state index in [9.17, 15) is 14.3 Å². The summed E-state index contributed by atoms with van der Waals surface area (Å²) in [5, 5.41) is 0. The summed E-state index contributed by atoms with van der Waals surface area (Å²) in [6.07, 6.45) is 54.1. The molecule has 0 rings (SSSR count). The van der Waals surface area contributed by atoms with Gasteiger partial charge in [-0.1, -0.05) is 138 Å². The quantitative estimate of drug-likeness (QED) is 0.0208. The maximum Gasteiger partial charge on any atom is 0.472 e. The minimum Gasteiger partial charge on any atom is -0.492 e. The number of nitrogens with two attached hydrogens (primary N) is 1. The van der Waals surface area contributed by atoms with Crippen molar-refractivity contribution in [2.24, 2.45) is 5.73 Å². The molecule has 0 bridgehead atoms. The molecule has 8 nitrogen and oxygen atoms in total. The molecule has 0 fully saturated rings. The zero-order chi connectivity index (χ0) is 39.5. The van der Waals surface area contributed by atoms with Crippen LogP contribution in [0, 0.1) is 0 Å². The molecule has 9 heteroatoms. The summed E-state index contributed by atoms with van der Waals surface area (Å²) in [6.45, 7) is 4.03. The van der Waals surface area contributed by atoms with Gasteiger partial charge in [0.05, 0.1) is 19.5 Å². The largest absolute Gasteiger partial charge is 0.492 e. The maximum absolute atomic E-state index is 12.4. The van der Waals surface area contributed by atoms with Crippen LogP contribution in [-0.4, -0.2) is 43.3 Å². The van der Waals surface area contributed by atoms with E-state index in [0.717, 1.165) is 83.5 Å². The fraction of sp³-hybridized carbons (Fsp3) is 0.667. The molecule has 0 aliphatic carbocycles. The lowest BCUT2D eigenvalue weighted by atomic mass is 10.1. The van der Waals surface area contributed by atoms with E-state index in [0.29, 0.717) is 6.42 Å². The molecule has 0 aromatic carbocycles. The Kier molecular flexibility index (Phi) is 39.8. The van der Waals surface area contributed by atoms with Crippen molar-refractivity contribution >= 4 is 13.8 Å². The van der Waals surface area contributed by atoms with E-state index in [1.54, 1.807) is 6.26 Å². The minimum atomic E-state index is -4.28. The van der Waals surface area contributed by atoms with Gasteiger partial charge in [-0.15, -0.1) is 0 Å². The number of phosphoric ester groups is 1. The molecule has 0 amide bonds. The first-order valence-electron chi connectivity index (χ1n) is 21.1. The Bertz CT molecular complexity index is 1100. The Morgan fingerprint density at radius 2 is 1.06 bits per heavy atom. The summed E-state index contributed by atoms with van der Waals surface area (Å²) in [5.41, 5.74) is 5.36. The highest BCUT2D eigenvalue weighted by atomic mass is 31.2. The molecule has 0 heterocycles. The predicted octanol–water partition coefficient (Wildman–Crippen LogP) is 12.9. The third kappa shape index (κ3) is 40.7. The first kappa shape index (κ1) is 51.5. The number of esters is 1. The lowest BCUT2D eigenvalue weighted by Crippen LogP contribution is -2.25. The highest BCUT2D eigenvalue weighted by molar-refractivity contribution is 7.47. The van der Waals surface area contributed by atoms with Crippen LogP contribution < -0.4 is 5.73 Å². The Hall–Kier alpha value is -2.48. The van der Waals surface area contributed by atoms with Gasteiger partial charge in [-0.25, -0.2) is 4.57 Å². The second kappa shape index (κ2) is 41.7. The lowest BCUT2D eigenvalue weighted by Gasteiger charge is -2.19. The van der Waals surface area contributed by atoms with Gasteiger partial charge < -0.3 is 20.1 Å². The van der Waals surface area contributed by atoms with Crippen LogP contribution in [0.2, 0.25) is 0 Å². The zero-order valence-electron chi connectivity index (χ0n) is 34.2. The fourth-order valence-corrected chi connectivity index (χ4v) is 6.00. The van der Waals surface area contributed by atoms with E-state index in [-0.39, 0.29) is 32.3 Å². The average molecular weight is 776 g/mol. The molecular weight excluding hydrogens is 697 g/mol. The van der Waals surface area contributed by atoms with Gasteiger partial charge in [0.1, 0.15) is 6.61 Å². The normalized spacial score (nSPS) is 14.3. The summed E-state index contributed by atoms with van der Waals surface area (Å²) >= 11 is 0. The third-order valence-corrected chi connectivity index (χ3v) is 9.37. The molecule has 0 aromatic heterocycles. The summed E-state index contributed by atoms with van der Waals surface area (Å²) in [7, 11) is -4.28. The highest BCUT2D eigenvalue weighted by Gasteiger charge is 2.24. The van der Waals surface area contributed by atoms with E-state index in [2.05, 4.69) is 86.8 Å². The van der Waals surface area contributed by atoms with Gasteiger partial charge in [-0.3, -0.25) is 13.8 Å². The molecule has 1 unspecified atom stereocenters. The number of phosphoric acid groups is 1. The Labute approximate surface area is 330 Å². The third-order valence-electron chi connectivity index (χ3n) is 8.39. The Morgan fingerprint density at radius 1 is 0.593 bits per heavy atom. The van der Waals surface area contributed by atoms with E-state index in [4.69, 9.17) is 24.3 Å². The zero-order valence-corrected chi connectivity index (χ0v) is 35.1. The topological polar surface area (TPSA) is 117 Å². The van der Waals surface area contributed by atoms with Crippen LogP contribution in [0.25, 0.3) is 0 Å². The minimum absolute atomic E-state index is 0.0897. The van der Waals surface area contributed by atoms with E-state index < -0.39 is 13.9 Å². The second-order valence-corrected chi connectivity index (χ2v) is 15.0. The molecule has 0 spiro atoms. The molecule has 0 radical (unpaired) electrons. The fourth-order valence-electron chi connectivity index (χ4n) is 5.24. The number of rotatable bonds is 39. The monoisotopic (exact) mass is 776 g/mol. The predicted molar refractivity (Wildman–Crippen MR) is 228 cm³/mol. The van der Waals surface area contributed by atoms with Crippen LogP contribution in [0.1, 0.15) is 162 Å². The molecule has 0 aliphatic rings. The molecule has 0 aliphatic heterocycles. The summed E-state index contributed by atoms with van der Waals surface area (Å²) < 4.78 is 33.1. The van der Waals surface area contributed by atoms with Crippen LogP contribution in [0.15, 0.2) is 85.3 Å². The smallest absolute Gasteiger partial charge is 0.472 e. The maximum atomic E-state index is 12.4. The molecule has 54 heavy (non-hydrogen) atoms. The molecular formula is C45H78NO7P. The van der Waals surface area contributed by atoms with Crippen molar-refractivity contribution in [2.75, 3.05) is 26.4 Å². The number of carbonyl (C=O) groups is 1. The van der Waals surface area contributed by atoms with Gasteiger partial charge >= 0.3 is 13.8 Å². The first-order chi connectivity index (χ1) is 26.4. The van der Waals surface area contributed by atoms with Crippen molar-refractivity contribution in [1.82, 2.24) is 0 Å². The number of ether oxygens (including phenoxy) is 2. The van der Waals surface area contributed by atoms with Crippen molar-refractivity contribution < 1.29 is 32.8 Å². The number of hydrogen-bond acceptors (Lipinski definition) is 7. The van der Waals surface area contributed by atoms with E-state index >= 15 is 0 Å². The number of allylic oxidation sites excluding steroid dienone is 13. The lowest BCUT2D eigenvalue weighted by molar-refractivity contribution is -0.147.